The van der Waals surface area contributed by atoms with Crippen LogP contribution in [0, 0.1) is 27.2 Å². The summed E-state index contributed by atoms with van der Waals surface area (Å²) in [5.41, 5.74) is -1.84. The number of aryl methyl sites for hydroxylation is 1. The average molecular weight is 708 g/mol. The zero-order valence-electron chi connectivity index (χ0n) is 29.2. The van der Waals surface area contributed by atoms with E-state index in [9.17, 15) is 15.2 Å². The number of ether oxygens (including phenoxy) is 4. The van der Waals surface area contributed by atoms with E-state index in [2.05, 4.69) is 9.88 Å². The molecule has 51 heavy (non-hydrogen) atoms. The zero-order chi connectivity index (χ0) is 35.9. The van der Waals surface area contributed by atoms with Crippen molar-refractivity contribution in [1.82, 2.24) is 14.9 Å². The third-order valence-electron chi connectivity index (χ3n) is 10.3. The number of rotatable bonds is 12. The second-order valence-electron chi connectivity index (χ2n) is 14.3. The SMILES string of the molecule is CCc1c(F)ccc2cc(OCOC)cc(-c3c([N+](=O)[O-])cc4c(N5CCCC(C)(O)C5)nc(OCC5(CN6CCOCC6)CC5)nc4c3F)c12. The molecule has 3 fully saturated rings. The van der Waals surface area contributed by atoms with E-state index in [1.165, 1.54) is 31.4 Å². The number of methoxy groups -OCH3 is 1. The Morgan fingerprint density at radius 2 is 1.86 bits per heavy atom. The number of nitrogens with zero attached hydrogens (tertiary/aromatic N) is 5. The molecule has 1 atom stereocenters. The molecule has 3 heterocycles. The number of β-amino-alcohol motifs (C(OH)–C–C–N with tert-alkyl or cyclic N) is 1. The molecule has 1 saturated carbocycles. The summed E-state index contributed by atoms with van der Waals surface area (Å²) in [6.45, 7) is 8.24. The van der Waals surface area contributed by atoms with E-state index in [4.69, 9.17) is 23.9 Å². The third-order valence-corrected chi connectivity index (χ3v) is 10.3. The standard InChI is InChI=1S/C37H43F2N5O7/c1-4-25-28(38)7-6-23-16-24(51-22-48-3)17-26(30(23)25)31-29(44(46)47)18-27-33(32(31)39)40-35(41-34(27)43-11-5-8-36(2,45)19-43)50-21-37(9-10-37)20-42-12-14-49-15-13-42/h6-7,16-18,45H,4-5,8-15,19-22H2,1-3H3. The minimum absolute atomic E-state index is 0.0583. The van der Waals surface area contributed by atoms with Gasteiger partial charge in [-0.05, 0) is 73.6 Å². The highest BCUT2D eigenvalue weighted by Gasteiger charge is 2.45. The Morgan fingerprint density at radius 3 is 2.55 bits per heavy atom. The molecule has 4 aromatic rings. The normalized spacial score (nSPS) is 20.5. The first-order valence-electron chi connectivity index (χ1n) is 17.5. The van der Waals surface area contributed by atoms with Gasteiger partial charge in [-0.15, -0.1) is 0 Å². The number of aromatic nitrogens is 2. The van der Waals surface area contributed by atoms with E-state index in [0.717, 1.165) is 32.5 Å². The van der Waals surface area contributed by atoms with Gasteiger partial charge in [0.25, 0.3) is 5.69 Å². The number of hydrogen-bond acceptors (Lipinski definition) is 11. The van der Waals surface area contributed by atoms with Crippen molar-refractivity contribution in [3.05, 3.63) is 57.6 Å². The van der Waals surface area contributed by atoms with Crippen molar-refractivity contribution in [2.75, 3.05) is 71.3 Å². The number of aliphatic hydroxyl groups is 1. The Kier molecular flexibility index (Phi) is 9.69. The molecule has 272 valence electrons. The number of anilines is 1. The van der Waals surface area contributed by atoms with Gasteiger partial charge in [0.15, 0.2) is 12.6 Å². The summed E-state index contributed by atoms with van der Waals surface area (Å²) in [5, 5.41) is 24.8. The number of hydrogen-bond donors (Lipinski definition) is 1. The van der Waals surface area contributed by atoms with Crippen molar-refractivity contribution in [1.29, 1.82) is 0 Å². The first kappa shape index (κ1) is 35.2. The van der Waals surface area contributed by atoms with Gasteiger partial charge in [-0.3, -0.25) is 15.0 Å². The molecule has 1 unspecified atom stereocenters. The molecule has 0 amide bonds. The number of nitro benzene ring substituents is 1. The Bertz CT molecular complexity index is 1970. The molecule has 1 N–H and O–H groups in total. The molecule has 3 aromatic carbocycles. The summed E-state index contributed by atoms with van der Waals surface area (Å²) in [4.78, 5) is 25.6. The van der Waals surface area contributed by atoms with Crippen LogP contribution in [0.25, 0.3) is 32.8 Å². The van der Waals surface area contributed by atoms with E-state index >= 15 is 8.78 Å². The van der Waals surface area contributed by atoms with Crippen LogP contribution in [0.1, 0.15) is 45.1 Å². The van der Waals surface area contributed by atoms with E-state index < -0.39 is 27.8 Å². The predicted molar refractivity (Wildman–Crippen MR) is 187 cm³/mol. The number of nitro groups is 1. The van der Waals surface area contributed by atoms with Gasteiger partial charge in [-0.1, -0.05) is 13.0 Å². The quantitative estimate of drug-likeness (QED) is 0.105. The molecule has 2 saturated heterocycles. The number of fused-ring (bicyclic) bond motifs is 2. The summed E-state index contributed by atoms with van der Waals surface area (Å²) >= 11 is 0. The van der Waals surface area contributed by atoms with Crippen LogP contribution in [0.2, 0.25) is 0 Å². The summed E-state index contributed by atoms with van der Waals surface area (Å²) < 4.78 is 55.3. The molecule has 14 heteroatoms. The maximum Gasteiger partial charge on any atom is 0.319 e. The second-order valence-corrected chi connectivity index (χ2v) is 14.3. The third kappa shape index (κ3) is 7.14. The minimum atomic E-state index is -1.06. The van der Waals surface area contributed by atoms with Crippen molar-refractivity contribution in [3.8, 4) is 22.9 Å². The highest BCUT2D eigenvalue weighted by Crippen LogP contribution is 2.48. The average Bonchev–Trinajstić information content (AvgIpc) is 3.88. The maximum atomic E-state index is 17.4. The van der Waals surface area contributed by atoms with Crippen LogP contribution in [0.15, 0.2) is 30.3 Å². The van der Waals surface area contributed by atoms with Gasteiger partial charge in [0.05, 0.1) is 41.3 Å². The van der Waals surface area contributed by atoms with E-state index in [0.29, 0.717) is 50.0 Å². The molecule has 3 aliphatic rings. The van der Waals surface area contributed by atoms with Gasteiger partial charge in [0.1, 0.15) is 22.9 Å². The van der Waals surface area contributed by atoms with Gasteiger partial charge in [0, 0.05) is 56.9 Å². The highest BCUT2D eigenvalue weighted by atomic mass is 19.1. The molecule has 0 bridgehead atoms. The molecular weight excluding hydrogens is 664 g/mol. The van der Waals surface area contributed by atoms with Gasteiger partial charge >= 0.3 is 6.01 Å². The van der Waals surface area contributed by atoms with Gasteiger partial charge in [-0.2, -0.15) is 9.97 Å². The first-order chi connectivity index (χ1) is 24.5. The van der Waals surface area contributed by atoms with Gasteiger partial charge in [0.2, 0.25) is 0 Å². The van der Waals surface area contributed by atoms with Gasteiger partial charge < -0.3 is 29.0 Å². The van der Waals surface area contributed by atoms with E-state index in [1.807, 2.05) is 4.90 Å². The number of halogens is 2. The zero-order valence-corrected chi connectivity index (χ0v) is 29.2. The lowest BCUT2D eigenvalue weighted by Crippen LogP contribution is -2.46. The molecule has 1 aliphatic carbocycles. The summed E-state index contributed by atoms with van der Waals surface area (Å²) in [7, 11) is 1.45. The maximum absolute atomic E-state index is 17.4. The van der Waals surface area contributed by atoms with Crippen LogP contribution < -0.4 is 14.4 Å². The fourth-order valence-electron chi connectivity index (χ4n) is 7.50. The van der Waals surface area contributed by atoms with Crippen LogP contribution in [0.5, 0.6) is 11.8 Å². The summed E-state index contributed by atoms with van der Waals surface area (Å²) in [5.74, 6) is -0.977. The monoisotopic (exact) mass is 707 g/mol. The van der Waals surface area contributed by atoms with Crippen molar-refractivity contribution < 1.29 is 37.8 Å². The van der Waals surface area contributed by atoms with Crippen molar-refractivity contribution in [2.45, 2.75) is 51.6 Å². The fraction of sp³-hybridized carbons (Fsp3) is 0.514. The molecule has 2 aliphatic heterocycles. The lowest BCUT2D eigenvalue weighted by atomic mass is 9.90. The first-order valence-corrected chi connectivity index (χ1v) is 17.5. The Labute approximate surface area is 294 Å². The molecular formula is C37H43F2N5O7. The minimum Gasteiger partial charge on any atom is -0.468 e. The molecule has 1 aromatic heterocycles. The number of morpholine rings is 1. The number of piperidine rings is 1. The van der Waals surface area contributed by atoms with Crippen LogP contribution in [-0.4, -0.2) is 96.9 Å². The van der Waals surface area contributed by atoms with Crippen LogP contribution in [-0.2, 0) is 15.9 Å². The van der Waals surface area contributed by atoms with E-state index in [1.54, 1.807) is 19.9 Å². The van der Waals surface area contributed by atoms with Gasteiger partial charge in [-0.25, -0.2) is 8.78 Å². The lowest BCUT2D eigenvalue weighted by molar-refractivity contribution is -0.384. The Hall–Kier alpha value is -4.24. The van der Waals surface area contributed by atoms with Crippen LogP contribution in [0.3, 0.4) is 0 Å². The van der Waals surface area contributed by atoms with Crippen LogP contribution >= 0.6 is 0 Å². The van der Waals surface area contributed by atoms with Crippen LogP contribution in [0.4, 0.5) is 20.3 Å². The molecule has 7 rings (SSSR count). The largest absolute Gasteiger partial charge is 0.468 e. The highest BCUT2D eigenvalue weighted by molar-refractivity contribution is 6.05. The fourth-order valence-corrected chi connectivity index (χ4v) is 7.50. The summed E-state index contributed by atoms with van der Waals surface area (Å²) in [6.07, 6.45) is 3.38. The molecule has 12 nitrogen and oxygen atoms in total. The molecule has 0 spiro atoms. The Morgan fingerprint density at radius 1 is 1.08 bits per heavy atom. The second kappa shape index (κ2) is 14.1. The predicted octanol–water partition coefficient (Wildman–Crippen LogP) is 6.02. The molecule has 0 radical (unpaired) electrons. The Balaban J connectivity index is 1.41. The summed E-state index contributed by atoms with van der Waals surface area (Å²) in [6, 6.07) is 7.21. The topological polar surface area (TPSA) is 133 Å². The van der Waals surface area contributed by atoms with Crippen molar-refractivity contribution >= 4 is 33.2 Å². The van der Waals surface area contributed by atoms with Crippen molar-refractivity contribution in [2.24, 2.45) is 5.41 Å². The van der Waals surface area contributed by atoms with Crippen molar-refractivity contribution in [3.63, 3.8) is 0 Å². The van der Waals surface area contributed by atoms with E-state index in [-0.39, 0.29) is 70.3 Å². The lowest BCUT2D eigenvalue weighted by Gasteiger charge is -2.38. The number of benzene rings is 3. The smallest absolute Gasteiger partial charge is 0.319 e.